The molecule has 25 heavy (non-hydrogen) atoms. The van der Waals surface area contributed by atoms with Crippen LogP contribution in [0.4, 0.5) is 0 Å². The Hall–Kier alpha value is -1.42. The molecule has 0 amide bonds. The monoisotopic (exact) mass is 460 g/mol. The van der Waals surface area contributed by atoms with Gasteiger partial charge in [0.2, 0.25) is 0 Å². The molecule has 8 heteroatoms. The Labute approximate surface area is 166 Å². The van der Waals surface area contributed by atoms with Crippen LogP contribution < -0.4 is 10.6 Å². The maximum Gasteiger partial charge on any atom is 0.191 e. The van der Waals surface area contributed by atoms with E-state index in [-0.39, 0.29) is 30.1 Å². The van der Waals surface area contributed by atoms with E-state index in [1.807, 2.05) is 35.7 Å². The van der Waals surface area contributed by atoms with Crippen LogP contribution in [0.2, 0.25) is 0 Å². The lowest BCUT2D eigenvalue weighted by atomic mass is 10.0. The molecule has 2 heterocycles. The van der Waals surface area contributed by atoms with E-state index in [2.05, 4.69) is 39.7 Å². The fourth-order valence-corrected chi connectivity index (χ4v) is 2.55. The standard InChI is InChI=1S/C17H28N6O.HI/c1-5-24-14(13(2)3)9-10-19-17(18-4)20-12-16-22-21-15-8-6-7-11-23(15)16;/h6-8,11,13-14H,5,9-10,12H2,1-4H3,(H2,18,19,20);1H. The molecule has 2 aromatic heterocycles. The van der Waals surface area contributed by atoms with Crippen molar-refractivity contribution in [3.63, 3.8) is 0 Å². The van der Waals surface area contributed by atoms with Gasteiger partial charge in [-0.05, 0) is 31.4 Å². The quantitative estimate of drug-likeness (QED) is 0.360. The number of hydrogen-bond donors (Lipinski definition) is 2. The zero-order chi connectivity index (χ0) is 17.4. The molecule has 1 atom stereocenters. The molecule has 0 saturated heterocycles. The Morgan fingerprint density at radius 1 is 1.28 bits per heavy atom. The predicted molar refractivity (Wildman–Crippen MR) is 111 cm³/mol. The number of fused-ring (bicyclic) bond motifs is 1. The fraction of sp³-hybridized carbons (Fsp3) is 0.588. The Kier molecular flexibility index (Phi) is 9.73. The molecule has 2 N–H and O–H groups in total. The number of pyridine rings is 1. The average Bonchev–Trinajstić information content (AvgIpc) is 3.00. The number of guanidine groups is 1. The summed E-state index contributed by atoms with van der Waals surface area (Å²) in [5, 5.41) is 14.9. The van der Waals surface area contributed by atoms with E-state index in [0.29, 0.717) is 12.5 Å². The molecular formula is C17H29IN6O. The Bertz CT molecular complexity index is 657. The van der Waals surface area contributed by atoms with Gasteiger partial charge in [0.05, 0.1) is 12.6 Å². The van der Waals surface area contributed by atoms with Crippen LogP contribution in [0.5, 0.6) is 0 Å². The van der Waals surface area contributed by atoms with Crippen molar-refractivity contribution in [1.29, 1.82) is 0 Å². The summed E-state index contributed by atoms with van der Waals surface area (Å²) in [6.07, 6.45) is 3.17. The highest BCUT2D eigenvalue weighted by molar-refractivity contribution is 14.0. The first-order valence-electron chi connectivity index (χ1n) is 8.50. The molecule has 0 aliphatic rings. The van der Waals surface area contributed by atoms with Gasteiger partial charge in [0.15, 0.2) is 17.4 Å². The number of halogens is 1. The molecule has 1 unspecified atom stereocenters. The highest BCUT2D eigenvalue weighted by Gasteiger charge is 2.13. The lowest BCUT2D eigenvalue weighted by Gasteiger charge is -2.21. The minimum atomic E-state index is 0. The largest absolute Gasteiger partial charge is 0.378 e. The van der Waals surface area contributed by atoms with Crippen LogP contribution in [0.1, 0.15) is 33.0 Å². The van der Waals surface area contributed by atoms with Gasteiger partial charge < -0.3 is 15.4 Å². The first-order valence-corrected chi connectivity index (χ1v) is 8.50. The second-order valence-electron chi connectivity index (χ2n) is 5.92. The molecule has 0 fully saturated rings. The van der Waals surface area contributed by atoms with Gasteiger partial charge in [-0.25, -0.2) is 0 Å². The van der Waals surface area contributed by atoms with Crippen LogP contribution in [0.25, 0.3) is 5.65 Å². The lowest BCUT2D eigenvalue weighted by Crippen LogP contribution is -2.39. The van der Waals surface area contributed by atoms with E-state index in [0.717, 1.165) is 37.0 Å². The number of hydrogen-bond acceptors (Lipinski definition) is 4. The lowest BCUT2D eigenvalue weighted by molar-refractivity contribution is 0.0258. The third-order valence-corrected chi connectivity index (χ3v) is 3.87. The van der Waals surface area contributed by atoms with Crippen molar-refractivity contribution in [1.82, 2.24) is 25.2 Å². The SMILES string of the molecule is CCOC(CCNC(=NC)NCc1nnc2ccccn12)C(C)C.I. The van der Waals surface area contributed by atoms with E-state index in [1.54, 1.807) is 7.05 Å². The van der Waals surface area contributed by atoms with E-state index in [1.165, 1.54) is 0 Å². The minimum absolute atomic E-state index is 0. The molecule has 0 spiro atoms. The molecular weight excluding hydrogens is 431 g/mol. The highest BCUT2D eigenvalue weighted by Crippen LogP contribution is 2.09. The first-order chi connectivity index (χ1) is 11.7. The average molecular weight is 460 g/mol. The van der Waals surface area contributed by atoms with E-state index in [4.69, 9.17) is 4.74 Å². The number of aromatic nitrogens is 3. The third-order valence-electron chi connectivity index (χ3n) is 3.87. The maximum absolute atomic E-state index is 5.76. The summed E-state index contributed by atoms with van der Waals surface area (Å²) in [6, 6.07) is 5.85. The predicted octanol–water partition coefficient (Wildman–Crippen LogP) is 2.46. The Morgan fingerprint density at radius 3 is 2.76 bits per heavy atom. The summed E-state index contributed by atoms with van der Waals surface area (Å²) in [5.41, 5.74) is 0.841. The second kappa shape index (κ2) is 11.2. The van der Waals surface area contributed by atoms with E-state index in [9.17, 15) is 0 Å². The summed E-state index contributed by atoms with van der Waals surface area (Å²) in [6.45, 7) is 8.52. The Balaban J connectivity index is 0.00000312. The maximum atomic E-state index is 5.76. The number of aliphatic imine (C=N–C) groups is 1. The normalized spacial score (nSPS) is 12.9. The second-order valence-corrected chi connectivity index (χ2v) is 5.92. The van der Waals surface area contributed by atoms with Gasteiger partial charge in [0, 0.05) is 26.4 Å². The smallest absolute Gasteiger partial charge is 0.191 e. The molecule has 0 aromatic carbocycles. The van der Waals surface area contributed by atoms with Crippen molar-refractivity contribution >= 4 is 35.6 Å². The van der Waals surface area contributed by atoms with Gasteiger partial charge in [-0.2, -0.15) is 0 Å². The van der Waals surface area contributed by atoms with Crippen LogP contribution in [0.15, 0.2) is 29.4 Å². The number of nitrogens with zero attached hydrogens (tertiary/aromatic N) is 4. The van der Waals surface area contributed by atoms with Crippen LogP contribution >= 0.6 is 24.0 Å². The molecule has 0 aliphatic carbocycles. The summed E-state index contributed by atoms with van der Waals surface area (Å²) in [7, 11) is 1.76. The van der Waals surface area contributed by atoms with Crippen LogP contribution in [-0.2, 0) is 11.3 Å². The molecule has 0 radical (unpaired) electrons. The zero-order valence-corrected chi connectivity index (χ0v) is 17.7. The van der Waals surface area contributed by atoms with Crippen LogP contribution in [-0.4, -0.2) is 46.9 Å². The van der Waals surface area contributed by atoms with Gasteiger partial charge in [0.25, 0.3) is 0 Å². The zero-order valence-electron chi connectivity index (χ0n) is 15.4. The summed E-state index contributed by atoms with van der Waals surface area (Å²) < 4.78 is 7.73. The number of nitrogens with one attached hydrogen (secondary N) is 2. The summed E-state index contributed by atoms with van der Waals surface area (Å²) >= 11 is 0. The molecule has 0 saturated carbocycles. The van der Waals surface area contributed by atoms with Crippen LogP contribution in [0.3, 0.4) is 0 Å². The van der Waals surface area contributed by atoms with Crippen molar-refractivity contribution in [2.75, 3.05) is 20.2 Å². The molecule has 2 rings (SSSR count). The minimum Gasteiger partial charge on any atom is -0.378 e. The summed E-state index contributed by atoms with van der Waals surface area (Å²) in [5.74, 6) is 2.11. The molecule has 0 aliphatic heterocycles. The molecule has 0 bridgehead atoms. The van der Waals surface area contributed by atoms with E-state index >= 15 is 0 Å². The van der Waals surface area contributed by atoms with Gasteiger partial charge in [-0.15, -0.1) is 34.2 Å². The van der Waals surface area contributed by atoms with Gasteiger partial charge >= 0.3 is 0 Å². The van der Waals surface area contributed by atoms with E-state index < -0.39 is 0 Å². The van der Waals surface area contributed by atoms with Crippen molar-refractivity contribution in [2.45, 2.75) is 39.8 Å². The summed E-state index contributed by atoms with van der Waals surface area (Å²) in [4.78, 5) is 4.25. The third kappa shape index (κ3) is 6.43. The number of ether oxygens (including phenoxy) is 1. The van der Waals surface area contributed by atoms with Gasteiger partial charge in [-0.3, -0.25) is 9.39 Å². The van der Waals surface area contributed by atoms with Crippen molar-refractivity contribution in [3.8, 4) is 0 Å². The topological polar surface area (TPSA) is 75.8 Å². The first kappa shape index (κ1) is 21.6. The molecule has 2 aromatic rings. The Morgan fingerprint density at radius 2 is 2.08 bits per heavy atom. The van der Waals surface area contributed by atoms with Crippen molar-refractivity contribution in [2.24, 2.45) is 10.9 Å². The highest BCUT2D eigenvalue weighted by atomic mass is 127. The van der Waals surface area contributed by atoms with Gasteiger partial charge in [0.1, 0.15) is 0 Å². The number of rotatable bonds is 8. The van der Waals surface area contributed by atoms with Crippen molar-refractivity contribution < 1.29 is 4.74 Å². The van der Waals surface area contributed by atoms with Crippen molar-refractivity contribution in [3.05, 3.63) is 30.2 Å². The van der Waals surface area contributed by atoms with Crippen LogP contribution in [0, 0.1) is 5.92 Å². The fourth-order valence-electron chi connectivity index (χ4n) is 2.55. The molecule has 140 valence electrons. The molecule has 7 nitrogen and oxygen atoms in total. The van der Waals surface area contributed by atoms with Gasteiger partial charge in [-0.1, -0.05) is 19.9 Å².